The molecule has 0 aliphatic carbocycles. The highest BCUT2D eigenvalue weighted by Crippen LogP contribution is 2.48. The summed E-state index contributed by atoms with van der Waals surface area (Å²) < 4.78 is 38.4. The lowest BCUT2D eigenvalue weighted by Crippen LogP contribution is -2.41. The Morgan fingerprint density at radius 2 is 2.06 bits per heavy atom. The summed E-state index contributed by atoms with van der Waals surface area (Å²) in [7, 11) is 0. The molecule has 1 aromatic carbocycles. The van der Waals surface area contributed by atoms with E-state index in [4.69, 9.17) is 47.7 Å². The van der Waals surface area contributed by atoms with E-state index in [0.29, 0.717) is 5.75 Å². The molecule has 2 aromatic rings. The zero-order chi connectivity index (χ0) is 26.7. The normalized spacial score (nSPS) is 26.4. The molecule has 198 valence electrons. The van der Waals surface area contributed by atoms with E-state index in [-0.39, 0.29) is 11.9 Å². The van der Waals surface area contributed by atoms with Crippen LogP contribution in [0.2, 0.25) is 0 Å². The Labute approximate surface area is 216 Å². The molecule has 1 saturated heterocycles. The highest BCUT2D eigenvalue weighted by molar-refractivity contribution is 8.09. The van der Waals surface area contributed by atoms with Crippen LogP contribution in [-0.2, 0) is 30.6 Å². The summed E-state index contributed by atoms with van der Waals surface area (Å²) in [6.07, 6.45) is -4.22. The van der Waals surface area contributed by atoms with Crippen molar-refractivity contribution < 1.29 is 32.8 Å². The molecule has 0 spiro atoms. The number of ether oxygens (including phenoxy) is 2. The van der Waals surface area contributed by atoms with E-state index in [2.05, 4.69) is 10.1 Å². The van der Waals surface area contributed by atoms with Crippen LogP contribution in [0.1, 0.15) is 27.0 Å². The van der Waals surface area contributed by atoms with Crippen molar-refractivity contribution in [3.63, 3.8) is 0 Å². The number of alkyl halides is 2. The van der Waals surface area contributed by atoms with Crippen LogP contribution in [0, 0.1) is 0 Å². The molecule has 3 rings (SSSR count). The van der Waals surface area contributed by atoms with Crippen molar-refractivity contribution in [3.05, 3.63) is 53.1 Å². The van der Waals surface area contributed by atoms with Gasteiger partial charge in [-0.25, -0.2) is 14.3 Å². The molecule has 36 heavy (non-hydrogen) atoms. The van der Waals surface area contributed by atoms with Crippen LogP contribution in [0.4, 0.5) is 10.2 Å². The highest BCUT2D eigenvalue weighted by Gasteiger charge is 2.58. The second-order valence-corrected chi connectivity index (χ2v) is 11.9. The summed E-state index contributed by atoms with van der Waals surface area (Å²) in [5.74, 6) is -0.320. The molecule has 6 atom stereocenters. The van der Waals surface area contributed by atoms with Crippen molar-refractivity contribution >= 4 is 41.8 Å². The van der Waals surface area contributed by atoms with Crippen LogP contribution in [0.3, 0.4) is 0 Å². The third-order valence-electron chi connectivity index (χ3n) is 4.92. The van der Waals surface area contributed by atoms with Gasteiger partial charge in [0.25, 0.3) is 5.13 Å². The fourth-order valence-electron chi connectivity index (χ4n) is 3.22. The number of para-hydroxylation sites is 1. The summed E-state index contributed by atoms with van der Waals surface area (Å²) in [5, 5.41) is 10.4. The number of nitrogens with one attached hydrogen (secondary N) is 1. The van der Waals surface area contributed by atoms with Gasteiger partial charge in [-0.05, 0) is 50.8 Å². The zero-order valence-electron chi connectivity index (χ0n) is 19.6. The van der Waals surface area contributed by atoms with Crippen molar-refractivity contribution in [1.29, 1.82) is 0 Å². The van der Waals surface area contributed by atoms with E-state index in [1.165, 1.54) is 13.0 Å². The predicted molar refractivity (Wildman–Crippen MR) is 134 cm³/mol. The number of benzene rings is 1. The van der Waals surface area contributed by atoms with Gasteiger partial charge in [-0.15, -0.1) is 0 Å². The molecule has 15 heteroatoms. The maximum absolute atomic E-state index is 15.3. The number of hydrogen-bond acceptors (Lipinski definition) is 10. The van der Waals surface area contributed by atoms with Gasteiger partial charge in [0.05, 0.1) is 12.7 Å². The number of aliphatic hydroxyl groups excluding tert-OH is 1. The number of aliphatic hydroxyl groups is 1. The molecule has 1 fully saturated rings. The Morgan fingerprint density at radius 1 is 1.39 bits per heavy atom. The van der Waals surface area contributed by atoms with E-state index in [9.17, 15) is 14.7 Å². The van der Waals surface area contributed by atoms with E-state index < -0.39 is 54.5 Å². The number of anilines is 1. The van der Waals surface area contributed by atoms with E-state index in [1.807, 2.05) is 0 Å². The number of rotatable bonds is 10. The molecule has 4 N–H and O–H groups in total. The van der Waals surface area contributed by atoms with Crippen LogP contribution in [0.5, 0.6) is 5.75 Å². The van der Waals surface area contributed by atoms with Gasteiger partial charge in [0.15, 0.2) is 6.23 Å². The maximum atomic E-state index is 15.3. The molecule has 0 amide bonds. The Balaban J connectivity index is 1.79. The Bertz CT molecular complexity index is 1170. The molecule has 11 nitrogen and oxygen atoms in total. The second-order valence-electron chi connectivity index (χ2n) is 8.22. The van der Waals surface area contributed by atoms with Crippen LogP contribution in [0.15, 0.2) is 47.4 Å². The van der Waals surface area contributed by atoms with Gasteiger partial charge < -0.3 is 29.4 Å². The maximum Gasteiger partial charge on any atom is 0.351 e. The first-order valence-corrected chi connectivity index (χ1v) is 13.9. The first-order valence-electron chi connectivity index (χ1n) is 10.9. The summed E-state index contributed by atoms with van der Waals surface area (Å²) in [5.41, 5.74) is 4.55. The summed E-state index contributed by atoms with van der Waals surface area (Å²) in [6.45, 7) is 0.933. The number of hydrogen-bond donors (Lipinski definition) is 3. The molecule has 1 unspecified atom stereocenters. The van der Waals surface area contributed by atoms with Crippen LogP contribution in [0.25, 0.3) is 0 Å². The van der Waals surface area contributed by atoms with Gasteiger partial charge in [0.1, 0.15) is 29.8 Å². The molecule has 1 aliphatic heterocycles. The van der Waals surface area contributed by atoms with Crippen molar-refractivity contribution in [2.45, 2.75) is 56.5 Å². The summed E-state index contributed by atoms with van der Waals surface area (Å²) >= 11 is 11.5. The topological polar surface area (TPSA) is 147 Å². The van der Waals surface area contributed by atoms with Gasteiger partial charge >= 0.3 is 18.3 Å². The third kappa shape index (κ3) is 6.80. The number of halogens is 2. The predicted octanol–water partition coefficient (Wildman–Crippen LogP) is 2.24. The molecular weight excluding hydrogens is 538 g/mol. The smallest absolute Gasteiger partial charge is 0.351 e. The fourth-order valence-corrected chi connectivity index (χ4v) is 5.93. The van der Waals surface area contributed by atoms with Gasteiger partial charge in [-0.2, -0.15) is 4.98 Å². The van der Waals surface area contributed by atoms with Crippen molar-refractivity contribution in [1.82, 2.24) is 14.6 Å². The van der Waals surface area contributed by atoms with Gasteiger partial charge in [-0.3, -0.25) is 9.36 Å². The molecular formula is C21H27ClFN4O7PS. The van der Waals surface area contributed by atoms with Gasteiger partial charge in [0.2, 0.25) is 0 Å². The second kappa shape index (κ2) is 11.5. The Morgan fingerprint density at radius 3 is 2.67 bits per heavy atom. The lowest BCUT2D eigenvalue weighted by molar-refractivity contribution is -0.149. The van der Waals surface area contributed by atoms with E-state index >= 15 is 4.39 Å². The highest BCUT2D eigenvalue weighted by atomic mass is 35.5. The number of aromatic nitrogens is 2. The van der Waals surface area contributed by atoms with E-state index in [1.54, 1.807) is 44.2 Å². The summed E-state index contributed by atoms with van der Waals surface area (Å²) in [4.78, 5) is 28.0. The average molecular weight is 565 g/mol. The molecule has 1 aromatic heterocycles. The first-order chi connectivity index (χ1) is 16.8. The average Bonchev–Trinajstić information content (AvgIpc) is 3.01. The molecule has 0 saturated carbocycles. The molecule has 1 aliphatic rings. The lowest BCUT2D eigenvalue weighted by atomic mass is 10.1. The van der Waals surface area contributed by atoms with E-state index in [0.717, 1.165) is 10.8 Å². The summed E-state index contributed by atoms with van der Waals surface area (Å²) in [6, 6.07) is 8.79. The zero-order valence-corrected chi connectivity index (χ0v) is 22.1. The third-order valence-corrected chi connectivity index (χ3v) is 7.83. The first kappa shape index (κ1) is 28.5. The van der Waals surface area contributed by atoms with Crippen LogP contribution < -0.4 is 21.0 Å². The van der Waals surface area contributed by atoms with Gasteiger partial charge in [-0.1, -0.05) is 29.8 Å². The Hall–Kier alpha value is -2.12. The van der Waals surface area contributed by atoms with Crippen molar-refractivity contribution in [2.75, 3.05) is 12.3 Å². The number of carbonyl (C=O) groups is 1. The molecule has 0 radical (unpaired) electrons. The number of nitrogens with two attached hydrogens (primary N) is 1. The number of esters is 1. The van der Waals surface area contributed by atoms with Gasteiger partial charge in [0, 0.05) is 6.20 Å². The monoisotopic (exact) mass is 564 g/mol. The largest absolute Gasteiger partial charge is 0.462 e. The van der Waals surface area contributed by atoms with Crippen LogP contribution >= 0.6 is 18.2 Å². The standard InChI is InChI=1S/C21H27ClFN4O7PS/c1-12(2)32-18(29)13(3)26-35(36,34-14-7-5-4-6-8-14)31-11-15-17(28)21(22,23)19(33-15)27-10-9-16(24)25-20(27)30/h4-10,12-13,15,17,19,28H,11H2,1-3H3,(H,26,36)(H2,24,25,30)/t13-,15-,17-,19-,21-,35?/m1/s1. The number of carbonyl (C=O) groups excluding carboxylic acids is 1. The fraction of sp³-hybridized carbons (Fsp3) is 0.476. The number of nitrogen functional groups attached to an aromatic ring is 1. The minimum atomic E-state index is -3.49. The van der Waals surface area contributed by atoms with Crippen molar-refractivity contribution in [3.8, 4) is 5.75 Å². The molecule has 2 heterocycles. The Kier molecular flexibility index (Phi) is 9.10. The quantitative estimate of drug-likeness (QED) is 0.222. The SMILES string of the molecule is CC(C)OC(=O)[C@@H](C)NP(=S)(OC[C@H]1O[C@@H](n2ccc(N)nc2=O)[C@@](F)(Cl)[C@@H]1O)Oc1ccccc1. The minimum absolute atomic E-state index is 0.0800. The number of nitrogens with zero attached hydrogens (tertiary/aromatic N) is 2. The van der Waals surface area contributed by atoms with Crippen LogP contribution in [-0.4, -0.2) is 56.7 Å². The van der Waals surface area contributed by atoms with Crippen molar-refractivity contribution in [2.24, 2.45) is 0 Å². The molecule has 0 bridgehead atoms. The minimum Gasteiger partial charge on any atom is -0.462 e. The lowest BCUT2D eigenvalue weighted by Gasteiger charge is -2.28.